The van der Waals surface area contributed by atoms with Gasteiger partial charge in [-0.1, -0.05) is 52.9 Å². The number of nitrogens with one attached hydrogen (secondary N) is 3. The van der Waals surface area contributed by atoms with Gasteiger partial charge in [-0.3, -0.25) is 0 Å². The summed E-state index contributed by atoms with van der Waals surface area (Å²) in [5.41, 5.74) is 5.22. The van der Waals surface area contributed by atoms with Crippen molar-refractivity contribution in [3.05, 3.63) is 81.3 Å². The van der Waals surface area contributed by atoms with Gasteiger partial charge in [0.15, 0.2) is 6.54 Å². The maximum absolute atomic E-state index is 11.5. The molecule has 2 aliphatic heterocycles. The molecule has 45 heavy (non-hydrogen) atoms. The molecule has 1 aromatic heterocycles. The Balaban J connectivity index is 1.35. The van der Waals surface area contributed by atoms with Crippen molar-refractivity contribution in [1.29, 1.82) is 10.8 Å². The predicted molar refractivity (Wildman–Crippen MR) is 181 cm³/mol. The second-order valence-corrected chi connectivity index (χ2v) is 12.5. The number of hydrogen-bond acceptors (Lipinski definition) is 12. The lowest BCUT2D eigenvalue weighted by Crippen LogP contribution is -2.22. The zero-order chi connectivity index (χ0) is 31.6. The third kappa shape index (κ3) is 8.16. The summed E-state index contributed by atoms with van der Waals surface area (Å²) in [5, 5.41) is 30.5. The second-order valence-electron chi connectivity index (χ2n) is 10.1. The Hall–Kier alpha value is -4.07. The van der Waals surface area contributed by atoms with Crippen LogP contribution in [0.25, 0.3) is 11.1 Å². The number of carbonyl (C=O) groups is 1. The molecule has 1 saturated heterocycles. The number of benzene rings is 2. The number of ether oxygens (including phenoxy) is 2. The van der Waals surface area contributed by atoms with Crippen LogP contribution >= 0.6 is 35.1 Å². The number of anilines is 1. The molecule has 11 nitrogen and oxygen atoms in total. The van der Waals surface area contributed by atoms with Crippen molar-refractivity contribution in [1.82, 2.24) is 10.3 Å². The minimum atomic E-state index is -0.540. The standard InChI is InChI=1S/C31H33ClN8O3S2/c32-22-7-3-21(4-8-22)30-37-23(18-44-30)19-45-31-26(16-34)28(25(15-33)29(38-31)40-11-1-2-12-40)20-5-9-24(10-6-20)42-13-14-43-27(41)17-36-39-35/h3-10,15-16,18,30,33-34,37H,1-2,11-14,17,19H2,(H2,35,36). The molecule has 1 atom stereocenters. The summed E-state index contributed by atoms with van der Waals surface area (Å²) < 4.78 is 10.8. The van der Waals surface area contributed by atoms with E-state index in [0.717, 1.165) is 59.2 Å². The third-order valence-corrected chi connectivity index (χ3v) is 9.53. The van der Waals surface area contributed by atoms with Crippen molar-refractivity contribution in [2.75, 3.05) is 43.5 Å². The SMILES string of the molecule is N=Cc1c(SCC2=CSC(c3ccc(Cl)cc3)N2)nc(N2CCCC2)c(C=N)c1-c1ccc(OCCOC(=O)CN=NN)cc1. The van der Waals surface area contributed by atoms with Gasteiger partial charge in [0.1, 0.15) is 35.2 Å². The number of rotatable bonds is 14. The molecule has 0 radical (unpaired) electrons. The van der Waals surface area contributed by atoms with Crippen molar-refractivity contribution in [3.63, 3.8) is 0 Å². The Labute approximate surface area is 275 Å². The molecule has 2 aromatic carbocycles. The van der Waals surface area contributed by atoms with Crippen molar-refractivity contribution in [2.24, 2.45) is 16.2 Å². The van der Waals surface area contributed by atoms with Crippen molar-refractivity contribution in [3.8, 4) is 16.9 Å². The number of thioether (sulfide) groups is 2. The maximum atomic E-state index is 11.5. The van der Waals surface area contributed by atoms with Crippen molar-refractivity contribution >= 4 is 59.3 Å². The number of pyridine rings is 1. The van der Waals surface area contributed by atoms with Crippen molar-refractivity contribution in [2.45, 2.75) is 23.2 Å². The van der Waals surface area contributed by atoms with Gasteiger partial charge >= 0.3 is 5.97 Å². The molecule has 5 rings (SSSR count). The summed E-state index contributed by atoms with van der Waals surface area (Å²) >= 11 is 9.37. The lowest BCUT2D eigenvalue weighted by Gasteiger charge is -2.24. The fourth-order valence-corrected chi connectivity index (χ4v) is 7.17. The average molecular weight is 665 g/mol. The molecular weight excluding hydrogens is 632 g/mol. The van der Waals surface area contributed by atoms with Gasteiger partial charge in [0, 0.05) is 58.7 Å². The molecule has 234 valence electrons. The first kappa shape index (κ1) is 32.3. The van der Waals surface area contributed by atoms with Crippen LogP contribution in [-0.4, -0.2) is 62.0 Å². The minimum absolute atomic E-state index is 0.0605. The van der Waals surface area contributed by atoms with E-state index in [0.29, 0.717) is 27.7 Å². The van der Waals surface area contributed by atoms with Gasteiger partial charge in [-0.05, 0) is 53.6 Å². The Bertz CT molecular complexity index is 1580. The Morgan fingerprint density at radius 2 is 1.84 bits per heavy atom. The maximum Gasteiger partial charge on any atom is 0.329 e. The number of esters is 1. The lowest BCUT2D eigenvalue weighted by atomic mass is 9.96. The smallest absolute Gasteiger partial charge is 0.329 e. The van der Waals surface area contributed by atoms with E-state index >= 15 is 0 Å². The van der Waals surface area contributed by atoms with Gasteiger partial charge in [-0.25, -0.2) is 9.78 Å². The summed E-state index contributed by atoms with van der Waals surface area (Å²) in [7, 11) is 0. The van der Waals surface area contributed by atoms with Gasteiger partial charge in [0.25, 0.3) is 0 Å². The van der Waals surface area contributed by atoms with E-state index in [4.69, 9.17) is 42.7 Å². The topological polar surface area (TPSA) is 162 Å². The first-order valence-corrected chi connectivity index (χ1v) is 16.6. The number of aromatic nitrogens is 1. The Kier molecular flexibility index (Phi) is 11.3. The number of nitrogens with two attached hydrogens (primary N) is 1. The number of carbonyl (C=O) groups excluding carboxylic acids is 1. The van der Waals surface area contributed by atoms with Crippen LogP contribution in [0.4, 0.5) is 5.82 Å². The number of hydrogen-bond donors (Lipinski definition) is 4. The molecule has 1 fully saturated rings. The molecule has 1 unspecified atom stereocenters. The second kappa shape index (κ2) is 15.8. The van der Waals surface area contributed by atoms with Gasteiger partial charge in [0.05, 0.1) is 0 Å². The molecule has 3 aromatic rings. The van der Waals surface area contributed by atoms with Gasteiger partial charge in [0.2, 0.25) is 0 Å². The fourth-order valence-electron chi connectivity index (χ4n) is 5.03. The van der Waals surface area contributed by atoms with E-state index < -0.39 is 5.97 Å². The molecule has 0 saturated carbocycles. The quantitative estimate of drug-likeness (QED) is 0.0298. The van der Waals surface area contributed by atoms with E-state index in [1.54, 1.807) is 23.5 Å². The Morgan fingerprint density at radius 1 is 1.11 bits per heavy atom. The van der Waals surface area contributed by atoms with Crippen LogP contribution in [0.2, 0.25) is 5.02 Å². The highest BCUT2D eigenvalue weighted by Crippen LogP contribution is 2.40. The van der Waals surface area contributed by atoms with Gasteiger partial charge < -0.3 is 36.4 Å². The Morgan fingerprint density at radius 3 is 2.53 bits per heavy atom. The van der Waals surface area contributed by atoms with Crippen LogP contribution in [0.15, 0.2) is 75.0 Å². The zero-order valence-corrected chi connectivity index (χ0v) is 26.8. The first-order valence-electron chi connectivity index (χ1n) is 14.3. The van der Waals surface area contributed by atoms with Crippen LogP contribution in [0.5, 0.6) is 5.75 Å². The van der Waals surface area contributed by atoms with Crippen LogP contribution < -0.4 is 20.8 Å². The molecule has 14 heteroatoms. The first-order chi connectivity index (χ1) is 22.0. The van der Waals surface area contributed by atoms with Crippen LogP contribution in [0.3, 0.4) is 0 Å². The predicted octanol–water partition coefficient (Wildman–Crippen LogP) is 6.21. The monoisotopic (exact) mass is 664 g/mol. The highest BCUT2D eigenvalue weighted by Gasteiger charge is 2.25. The van der Waals surface area contributed by atoms with Crippen LogP contribution in [0.1, 0.15) is 34.9 Å². The summed E-state index contributed by atoms with van der Waals surface area (Å²) in [6.07, 6.45) is 4.81. The molecule has 3 heterocycles. The molecule has 0 spiro atoms. The summed E-state index contributed by atoms with van der Waals surface area (Å²) in [5.74, 6) is 6.38. The van der Waals surface area contributed by atoms with Crippen LogP contribution in [-0.2, 0) is 9.53 Å². The third-order valence-electron chi connectivity index (χ3n) is 7.15. The molecule has 5 N–H and O–H groups in total. The minimum Gasteiger partial charge on any atom is -0.490 e. The van der Waals surface area contributed by atoms with E-state index in [2.05, 4.69) is 26.0 Å². The molecular formula is C31H33ClN8O3S2. The van der Waals surface area contributed by atoms with E-state index in [9.17, 15) is 4.79 Å². The largest absolute Gasteiger partial charge is 0.490 e. The van der Waals surface area contributed by atoms with Gasteiger partial charge in [-0.15, -0.1) is 11.8 Å². The fraction of sp³-hybridized carbons (Fsp3) is 0.290. The van der Waals surface area contributed by atoms with E-state index in [1.807, 2.05) is 48.5 Å². The van der Waals surface area contributed by atoms with E-state index in [-0.39, 0.29) is 25.1 Å². The zero-order valence-electron chi connectivity index (χ0n) is 24.4. The number of halogens is 1. The van der Waals surface area contributed by atoms with Gasteiger partial charge in [-0.2, -0.15) is 5.11 Å². The average Bonchev–Trinajstić information content (AvgIpc) is 3.78. The molecule has 0 bridgehead atoms. The normalized spacial score (nSPS) is 16.0. The molecule has 2 aliphatic rings. The lowest BCUT2D eigenvalue weighted by molar-refractivity contribution is -0.142. The summed E-state index contributed by atoms with van der Waals surface area (Å²) in [4.78, 5) is 18.8. The molecule has 0 aliphatic carbocycles. The highest BCUT2D eigenvalue weighted by atomic mass is 35.5. The van der Waals surface area contributed by atoms with E-state index in [1.165, 1.54) is 12.4 Å². The summed E-state index contributed by atoms with van der Waals surface area (Å²) in [6.45, 7) is 1.74. The molecule has 0 amide bonds. The summed E-state index contributed by atoms with van der Waals surface area (Å²) in [6, 6.07) is 15.3. The van der Waals surface area contributed by atoms with Crippen LogP contribution in [0, 0.1) is 10.8 Å². The highest BCUT2D eigenvalue weighted by molar-refractivity contribution is 8.02. The number of nitrogens with zero attached hydrogens (tertiary/aromatic N) is 4. The van der Waals surface area contributed by atoms with Crippen molar-refractivity contribution < 1.29 is 14.3 Å².